The fourth-order valence-corrected chi connectivity index (χ4v) is 6.00. The number of hydrogen-bond donors (Lipinski definition) is 2. The summed E-state index contributed by atoms with van der Waals surface area (Å²) in [7, 11) is 0. The van der Waals surface area contributed by atoms with E-state index in [1.54, 1.807) is 13.0 Å². The van der Waals surface area contributed by atoms with E-state index in [2.05, 4.69) is 0 Å². The molecule has 3 aliphatic rings. The van der Waals surface area contributed by atoms with Crippen LogP contribution < -0.4 is 0 Å². The fraction of sp³-hybridized carbons (Fsp3) is 0.708. The average molecular weight is 485 g/mol. The number of fused-ring (bicyclic) bond motifs is 2. The Balaban J connectivity index is 2.26. The van der Waals surface area contributed by atoms with Gasteiger partial charge in [-0.15, -0.1) is 11.6 Å². The third kappa shape index (κ3) is 4.33. The highest BCUT2D eigenvalue weighted by Crippen LogP contribution is 2.54. The predicted octanol–water partition coefficient (Wildman–Crippen LogP) is 2.43. The second kappa shape index (κ2) is 9.39. The van der Waals surface area contributed by atoms with Crippen LogP contribution in [0.3, 0.4) is 0 Å². The van der Waals surface area contributed by atoms with Crippen LogP contribution in [0.4, 0.5) is 0 Å². The molecule has 0 saturated carbocycles. The van der Waals surface area contributed by atoms with Gasteiger partial charge in [0, 0.05) is 32.1 Å². The summed E-state index contributed by atoms with van der Waals surface area (Å²) < 4.78 is 16.9. The molecule has 0 aromatic heterocycles. The maximum Gasteiger partial charge on any atom is 0.312 e. The van der Waals surface area contributed by atoms with Gasteiger partial charge < -0.3 is 24.4 Å². The second-order valence-electron chi connectivity index (χ2n) is 9.63. The summed E-state index contributed by atoms with van der Waals surface area (Å²) in [6.07, 6.45) is 0.451. The molecule has 0 aromatic carbocycles. The highest BCUT2D eigenvalue weighted by atomic mass is 35.5. The van der Waals surface area contributed by atoms with Gasteiger partial charge >= 0.3 is 17.9 Å². The van der Waals surface area contributed by atoms with Gasteiger partial charge in [-0.25, -0.2) is 0 Å². The van der Waals surface area contributed by atoms with Crippen LogP contribution in [-0.2, 0) is 28.6 Å². The predicted molar refractivity (Wildman–Crippen MR) is 119 cm³/mol. The molecule has 184 valence electrons. The van der Waals surface area contributed by atoms with E-state index in [9.17, 15) is 24.6 Å². The summed E-state index contributed by atoms with van der Waals surface area (Å²) in [5.74, 6) is -3.36. The van der Waals surface area contributed by atoms with Gasteiger partial charge in [-0.1, -0.05) is 24.1 Å². The van der Waals surface area contributed by atoms with E-state index in [1.165, 1.54) is 20.8 Å². The minimum atomic E-state index is -1.97. The first-order valence-electron chi connectivity index (χ1n) is 11.2. The highest BCUT2D eigenvalue weighted by molar-refractivity contribution is 6.19. The van der Waals surface area contributed by atoms with E-state index in [1.807, 2.05) is 13.0 Å². The summed E-state index contributed by atoms with van der Waals surface area (Å²) in [4.78, 5) is 36.6. The molecule has 3 rings (SSSR count). The van der Waals surface area contributed by atoms with E-state index >= 15 is 0 Å². The lowest BCUT2D eigenvalue weighted by molar-refractivity contribution is -0.205. The minimum Gasteiger partial charge on any atom is -0.462 e. The van der Waals surface area contributed by atoms with E-state index in [4.69, 9.17) is 25.8 Å². The molecule has 33 heavy (non-hydrogen) atoms. The zero-order chi connectivity index (χ0) is 24.7. The first-order valence-corrected chi connectivity index (χ1v) is 11.8. The Hall–Kier alpha value is -1.90. The van der Waals surface area contributed by atoms with E-state index in [-0.39, 0.29) is 5.88 Å². The number of esters is 3. The van der Waals surface area contributed by atoms with Crippen LogP contribution in [0.15, 0.2) is 23.3 Å². The Morgan fingerprint density at radius 1 is 1.24 bits per heavy atom. The Labute approximate surface area is 198 Å². The zero-order valence-corrected chi connectivity index (χ0v) is 20.4. The molecule has 2 aliphatic carbocycles. The van der Waals surface area contributed by atoms with Crippen molar-refractivity contribution >= 4 is 29.5 Å². The first-order chi connectivity index (χ1) is 15.4. The Morgan fingerprint density at radius 2 is 1.85 bits per heavy atom. The molecule has 8 nitrogen and oxygen atoms in total. The molecule has 2 N–H and O–H groups in total. The maximum atomic E-state index is 12.5. The summed E-state index contributed by atoms with van der Waals surface area (Å²) in [6.45, 7) is 7.72. The Morgan fingerprint density at radius 3 is 2.42 bits per heavy atom. The molecule has 8 atom stereocenters. The number of allylic oxidation sites excluding steroid dienone is 1. The molecule has 9 heteroatoms. The van der Waals surface area contributed by atoms with Crippen molar-refractivity contribution < 1.29 is 38.8 Å². The lowest BCUT2D eigenvalue weighted by Crippen LogP contribution is -2.64. The maximum absolute atomic E-state index is 12.5. The number of aliphatic hydroxyl groups excluding tert-OH is 1. The van der Waals surface area contributed by atoms with E-state index < -0.39 is 65.2 Å². The van der Waals surface area contributed by atoms with Crippen molar-refractivity contribution in [2.24, 2.45) is 17.3 Å². The molecule has 0 amide bonds. The van der Waals surface area contributed by atoms with Crippen LogP contribution in [0, 0.1) is 17.3 Å². The number of halogens is 1. The molecule has 0 spiro atoms. The number of alkyl halides is 1. The quantitative estimate of drug-likeness (QED) is 0.271. The monoisotopic (exact) mass is 484 g/mol. The molecule has 1 aliphatic heterocycles. The van der Waals surface area contributed by atoms with Crippen molar-refractivity contribution in [1.29, 1.82) is 0 Å². The Bertz CT molecular complexity index is 882. The van der Waals surface area contributed by atoms with Crippen molar-refractivity contribution in [3.05, 3.63) is 23.3 Å². The van der Waals surface area contributed by atoms with Crippen molar-refractivity contribution in [2.75, 3.05) is 5.88 Å². The standard InChI is InChI=1S/C24H33ClO8/c1-12-6-8-17(31-14(3)26)23(5)18(32-15(4)27)9-7-16(11-25)10-19-24(30,21(28)20(12)23)13(2)22(29)33-19/h6,10,13,17-21,28,30H,7-9,11H2,1-5H3. The van der Waals surface area contributed by atoms with Gasteiger partial charge in [0.25, 0.3) is 0 Å². The second-order valence-corrected chi connectivity index (χ2v) is 9.90. The summed E-state index contributed by atoms with van der Waals surface area (Å²) >= 11 is 6.15. The largest absolute Gasteiger partial charge is 0.462 e. The zero-order valence-electron chi connectivity index (χ0n) is 19.7. The number of carbonyl (C=O) groups excluding carboxylic acids is 3. The molecule has 0 bridgehead atoms. The third-order valence-corrected chi connectivity index (χ3v) is 7.98. The van der Waals surface area contributed by atoms with Crippen molar-refractivity contribution in [1.82, 2.24) is 0 Å². The normalized spacial score (nSPS) is 41.0. The lowest BCUT2D eigenvalue weighted by Gasteiger charge is -2.54. The first kappa shape index (κ1) is 25.7. The summed E-state index contributed by atoms with van der Waals surface area (Å²) in [5, 5.41) is 23.6. The molecular formula is C24H33ClO8. The third-order valence-electron chi connectivity index (χ3n) is 7.64. The van der Waals surface area contributed by atoms with Crippen LogP contribution in [0.5, 0.6) is 0 Å². The number of aliphatic hydroxyl groups is 2. The van der Waals surface area contributed by atoms with Crippen LogP contribution in [0.25, 0.3) is 0 Å². The number of ether oxygens (including phenoxy) is 3. The number of carbonyl (C=O) groups is 3. The fourth-order valence-electron chi connectivity index (χ4n) is 5.78. The molecule has 1 saturated heterocycles. The van der Waals surface area contributed by atoms with Gasteiger partial charge in [-0.2, -0.15) is 0 Å². The van der Waals surface area contributed by atoms with Gasteiger partial charge in [-0.05, 0) is 32.8 Å². The number of hydrogen-bond acceptors (Lipinski definition) is 8. The van der Waals surface area contributed by atoms with E-state index in [0.29, 0.717) is 24.8 Å². The number of rotatable bonds is 3. The smallest absolute Gasteiger partial charge is 0.312 e. The van der Waals surface area contributed by atoms with Crippen LogP contribution in [-0.4, -0.2) is 64.0 Å². The molecule has 0 aromatic rings. The van der Waals surface area contributed by atoms with Crippen molar-refractivity contribution in [2.45, 2.75) is 83.9 Å². The summed E-state index contributed by atoms with van der Waals surface area (Å²) in [6, 6.07) is 0. The lowest BCUT2D eigenvalue weighted by atomic mass is 9.56. The van der Waals surface area contributed by atoms with Crippen LogP contribution >= 0.6 is 11.6 Å². The van der Waals surface area contributed by atoms with Crippen LogP contribution in [0.1, 0.15) is 53.9 Å². The average Bonchev–Trinajstić information content (AvgIpc) is 2.95. The van der Waals surface area contributed by atoms with Gasteiger partial charge in [0.05, 0.1) is 17.4 Å². The summed E-state index contributed by atoms with van der Waals surface area (Å²) in [5.41, 5.74) is -1.64. The highest BCUT2D eigenvalue weighted by Gasteiger charge is 2.65. The van der Waals surface area contributed by atoms with Crippen LogP contribution in [0.2, 0.25) is 0 Å². The van der Waals surface area contributed by atoms with Gasteiger partial charge in [-0.3, -0.25) is 14.4 Å². The van der Waals surface area contributed by atoms with Gasteiger partial charge in [0.2, 0.25) is 0 Å². The Kier molecular flexibility index (Phi) is 7.32. The van der Waals surface area contributed by atoms with E-state index in [0.717, 1.165) is 5.57 Å². The SMILES string of the molecule is CC(=O)OC1CC=C(C)C2C(O)C3(O)C(C=C(CCl)CCC(OC(C)=O)C12C)OC(=O)C3C. The molecule has 1 heterocycles. The van der Waals surface area contributed by atoms with Gasteiger partial charge in [0.1, 0.15) is 17.8 Å². The molecular weight excluding hydrogens is 452 g/mol. The molecule has 8 unspecified atom stereocenters. The van der Waals surface area contributed by atoms with Gasteiger partial charge in [0.15, 0.2) is 6.10 Å². The minimum absolute atomic E-state index is 0.105. The van der Waals surface area contributed by atoms with Crippen molar-refractivity contribution in [3.63, 3.8) is 0 Å². The van der Waals surface area contributed by atoms with Crippen molar-refractivity contribution in [3.8, 4) is 0 Å². The molecule has 0 radical (unpaired) electrons. The molecule has 1 fully saturated rings. The topological polar surface area (TPSA) is 119 Å².